The predicted molar refractivity (Wildman–Crippen MR) is 103 cm³/mol. The van der Waals surface area contributed by atoms with Gasteiger partial charge in [-0.25, -0.2) is 4.99 Å². The highest BCUT2D eigenvalue weighted by Gasteiger charge is 2.05. The van der Waals surface area contributed by atoms with Crippen molar-refractivity contribution in [3.8, 4) is 11.3 Å². The molecule has 0 fully saturated rings. The second-order valence-electron chi connectivity index (χ2n) is 6.24. The molecule has 2 heteroatoms. The lowest BCUT2D eigenvalue weighted by Crippen LogP contribution is -2.03. The van der Waals surface area contributed by atoms with E-state index in [0.717, 1.165) is 33.3 Å². The van der Waals surface area contributed by atoms with E-state index in [-0.39, 0.29) is 0 Å². The van der Waals surface area contributed by atoms with Gasteiger partial charge in [-0.2, -0.15) is 0 Å². The van der Waals surface area contributed by atoms with Crippen LogP contribution in [0.4, 0.5) is 5.69 Å². The summed E-state index contributed by atoms with van der Waals surface area (Å²) >= 11 is 0. The van der Waals surface area contributed by atoms with Gasteiger partial charge in [0.15, 0.2) is 0 Å². The van der Waals surface area contributed by atoms with Crippen LogP contribution in [0.15, 0.2) is 88.3 Å². The molecule has 122 valence electrons. The standard InChI is InChI=1S/C23H19NO/c1-16-12-13-19(14-17(16)2)24-21-15-23(18-8-4-3-5-9-18)25-22-11-7-6-10-20(21)22/h3-15H,1-2H3. The number of aryl methyl sites for hydroxylation is 2. The molecule has 0 saturated heterocycles. The summed E-state index contributed by atoms with van der Waals surface area (Å²) in [6.45, 7) is 4.23. The molecule has 0 N–H and O–H groups in total. The average molecular weight is 325 g/mol. The first-order valence-electron chi connectivity index (χ1n) is 8.41. The summed E-state index contributed by atoms with van der Waals surface area (Å²) in [7, 11) is 0. The zero-order valence-corrected chi connectivity index (χ0v) is 14.4. The third kappa shape index (κ3) is 3.11. The number of hydrogen-bond acceptors (Lipinski definition) is 2. The van der Waals surface area contributed by atoms with Crippen LogP contribution >= 0.6 is 0 Å². The fourth-order valence-corrected chi connectivity index (χ4v) is 2.89. The fraction of sp³-hybridized carbons (Fsp3) is 0.0870. The molecule has 0 radical (unpaired) electrons. The highest BCUT2D eigenvalue weighted by atomic mass is 16.3. The van der Waals surface area contributed by atoms with E-state index in [0.29, 0.717) is 0 Å². The van der Waals surface area contributed by atoms with E-state index >= 15 is 0 Å². The van der Waals surface area contributed by atoms with Gasteiger partial charge in [0, 0.05) is 17.0 Å². The Morgan fingerprint density at radius 3 is 2.28 bits per heavy atom. The fourth-order valence-electron chi connectivity index (χ4n) is 2.89. The van der Waals surface area contributed by atoms with Crippen molar-refractivity contribution in [2.75, 3.05) is 0 Å². The minimum Gasteiger partial charge on any atom is -0.456 e. The maximum absolute atomic E-state index is 6.11. The first-order chi connectivity index (χ1) is 12.2. The van der Waals surface area contributed by atoms with Crippen molar-refractivity contribution < 1.29 is 4.42 Å². The van der Waals surface area contributed by atoms with Crippen molar-refractivity contribution in [3.63, 3.8) is 0 Å². The number of nitrogens with zero attached hydrogens (tertiary/aromatic N) is 1. The van der Waals surface area contributed by atoms with Gasteiger partial charge >= 0.3 is 0 Å². The summed E-state index contributed by atoms with van der Waals surface area (Å²) in [5.41, 5.74) is 5.36. The SMILES string of the molecule is Cc1ccc(N=c2cc(-c3ccccc3)oc3ccccc23)cc1C. The molecule has 0 aliphatic heterocycles. The number of para-hydroxylation sites is 1. The van der Waals surface area contributed by atoms with Gasteiger partial charge in [0.1, 0.15) is 11.3 Å². The van der Waals surface area contributed by atoms with Crippen LogP contribution < -0.4 is 5.36 Å². The van der Waals surface area contributed by atoms with Gasteiger partial charge in [0.25, 0.3) is 0 Å². The van der Waals surface area contributed by atoms with Gasteiger partial charge in [-0.3, -0.25) is 0 Å². The van der Waals surface area contributed by atoms with Crippen LogP contribution in [0.1, 0.15) is 11.1 Å². The molecule has 0 atom stereocenters. The molecular weight excluding hydrogens is 306 g/mol. The van der Waals surface area contributed by atoms with E-state index in [2.05, 4.69) is 32.0 Å². The van der Waals surface area contributed by atoms with Crippen molar-refractivity contribution in [2.24, 2.45) is 4.99 Å². The summed E-state index contributed by atoms with van der Waals surface area (Å²) in [5, 5.41) is 1.93. The highest BCUT2D eigenvalue weighted by Crippen LogP contribution is 2.23. The van der Waals surface area contributed by atoms with Crippen LogP contribution in [0.2, 0.25) is 0 Å². The largest absolute Gasteiger partial charge is 0.456 e. The molecule has 0 amide bonds. The normalized spacial score (nSPS) is 11.8. The number of benzene rings is 3. The van der Waals surface area contributed by atoms with Gasteiger partial charge < -0.3 is 4.42 Å². The molecule has 0 unspecified atom stereocenters. The Bertz CT molecular complexity index is 1110. The van der Waals surface area contributed by atoms with Crippen LogP contribution in [0.25, 0.3) is 22.3 Å². The minimum absolute atomic E-state index is 0.821. The smallest absolute Gasteiger partial charge is 0.136 e. The van der Waals surface area contributed by atoms with Gasteiger partial charge in [0.05, 0.1) is 11.0 Å². The molecule has 0 aliphatic carbocycles. The van der Waals surface area contributed by atoms with E-state index < -0.39 is 0 Å². The highest BCUT2D eigenvalue weighted by molar-refractivity contribution is 5.78. The van der Waals surface area contributed by atoms with E-state index in [9.17, 15) is 0 Å². The lowest BCUT2D eigenvalue weighted by atomic mass is 10.1. The lowest BCUT2D eigenvalue weighted by Gasteiger charge is -2.05. The Labute approximate surface area is 147 Å². The molecule has 0 spiro atoms. The third-order valence-corrected chi connectivity index (χ3v) is 4.45. The zero-order chi connectivity index (χ0) is 17.2. The number of rotatable bonds is 2. The Hall–Kier alpha value is -3.13. The second kappa shape index (κ2) is 6.40. The van der Waals surface area contributed by atoms with Crippen molar-refractivity contribution in [2.45, 2.75) is 13.8 Å². The molecule has 0 saturated carbocycles. The van der Waals surface area contributed by atoms with Crippen LogP contribution in [0.5, 0.6) is 0 Å². The number of hydrogen-bond donors (Lipinski definition) is 0. The lowest BCUT2D eigenvalue weighted by molar-refractivity contribution is 0.618. The monoisotopic (exact) mass is 325 g/mol. The Balaban J connectivity index is 1.98. The van der Waals surface area contributed by atoms with E-state index in [4.69, 9.17) is 9.41 Å². The maximum Gasteiger partial charge on any atom is 0.136 e. The van der Waals surface area contributed by atoms with Gasteiger partial charge in [0.2, 0.25) is 0 Å². The van der Waals surface area contributed by atoms with Gasteiger partial charge in [-0.1, -0.05) is 48.5 Å². The minimum atomic E-state index is 0.821. The molecule has 0 bridgehead atoms. The molecule has 4 rings (SSSR count). The number of fused-ring (bicyclic) bond motifs is 1. The van der Waals surface area contributed by atoms with Crippen LogP contribution in [-0.4, -0.2) is 0 Å². The summed E-state index contributed by atoms with van der Waals surface area (Å²) in [5.74, 6) is 0.821. The van der Waals surface area contributed by atoms with Crippen molar-refractivity contribution in [1.82, 2.24) is 0 Å². The molecule has 0 aliphatic rings. The molecule has 4 aromatic rings. The summed E-state index contributed by atoms with van der Waals surface area (Å²) in [4.78, 5) is 4.90. The quantitative estimate of drug-likeness (QED) is 0.447. The summed E-state index contributed by atoms with van der Waals surface area (Å²) in [6, 6.07) is 26.5. The van der Waals surface area contributed by atoms with Crippen molar-refractivity contribution in [3.05, 3.63) is 95.3 Å². The molecule has 2 nitrogen and oxygen atoms in total. The van der Waals surface area contributed by atoms with Crippen molar-refractivity contribution in [1.29, 1.82) is 0 Å². The second-order valence-corrected chi connectivity index (χ2v) is 6.24. The van der Waals surface area contributed by atoms with Gasteiger partial charge in [-0.15, -0.1) is 0 Å². The Kier molecular flexibility index (Phi) is 3.95. The average Bonchev–Trinajstić information content (AvgIpc) is 2.65. The predicted octanol–water partition coefficient (Wildman–Crippen LogP) is 5.95. The van der Waals surface area contributed by atoms with E-state index in [1.807, 2.05) is 60.7 Å². The summed E-state index contributed by atoms with van der Waals surface area (Å²) in [6.07, 6.45) is 0. The maximum atomic E-state index is 6.11. The van der Waals surface area contributed by atoms with E-state index in [1.54, 1.807) is 0 Å². The first-order valence-corrected chi connectivity index (χ1v) is 8.41. The topological polar surface area (TPSA) is 25.5 Å². The Morgan fingerprint density at radius 2 is 1.48 bits per heavy atom. The molecular formula is C23H19NO. The van der Waals surface area contributed by atoms with Crippen LogP contribution in [0.3, 0.4) is 0 Å². The van der Waals surface area contributed by atoms with E-state index in [1.165, 1.54) is 11.1 Å². The Morgan fingerprint density at radius 1 is 0.720 bits per heavy atom. The first kappa shape index (κ1) is 15.4. The molecule has 3 aromatic carbocycles. The third-order valence-electron chi connectivity index (χ3n) is 4.45. The van der Waals surface area contributed by atoms with Gasteiger partial charge in [-0.05, 0) is 49.2 Å². The molecule has 1 aromatic heterocycles. The van der Waals surface area contributed by atoms with Crippen LogP contribution in [-0.2, 0) is 0 Å². The van der Waals surface area contributed by atoms with Crippen LogP contribution in [0, 0.1) is 13.8 Å². The molecule has 1 heterocycles. The van der Waals surface area contributed by atoms with Crippen molar-refractivity contribution >= 4 is 16.7 Å². The zero-order valence-electron chi connectivity index (χ0n) is 14.4. The summed E-state index contributed by atoms with van der Waals surface area (Å²) < 4.78 is 6.11. The molecule has 25 heavy (non-hydrogen) atoms.